The predicted octanol–water partition coefficient (Wildman–Crippen LogP) is 11.7. The minimum absolute atomic E-state index is 0. The molecule has 0 radical (unpaired) electrons. The third-order valence-corrected chi connectivity index (χ3v) is 36.9. The first-order chi connectivity index (χ1) is 54.5. The smallest absolute Gasteiger partial charge is 0.0967 e. The van der Waals surface area contributed by atoms with Crippen LogP contribution in [-0.2, 0) is 76.2 Å². The van der Waals surface area contributed by atoms with Crippen LogP contribution in [0.25, 0.3) is 0 Å². The van der Waals surface area contributed by atoms with E-state index in [2.05, 4.69) is 403 Å². The molecule has 2 unspecified atom stereocenters. The van der Waals surface area contributed by atoms with Crippen LogP contribution in [0.5, 0.6) is 0 Å². The fraction of sp³-hybridized carbons (Fsp3) is 0.177. The Labute approximate surface area is 721 Å². The average molecular weight is 1870 g/mol. The molecule has 12 aromatic carbocycles. The summed E-state index contributed by atoms with van der Waals surface area (Å²) in [5.74, 6) is 0. The van der Waals surface area contributed by atoms with Crippen molar-refractivity contribution in [2.45, 2.75) is 13.0 Å². The van der Waals surface area contributed by atoms with Crippen molar-refractivity contribution in [1.82, 2.24) is 35.6 Å². The van der Waals surface area contributed by atoms with Crippen molar-refractivity contribution in [2.75, 3.05) is 96.9 Å². The zero-order valence-corrected chi connectivity index (χ0v) is 77.1. The molecule has 3 aliphatic rings. The van der Waals surface area contributed by atoms with Gasteiger partial charge in [-0.25, -0.2) is 0 Å². The molecule has 2 atom stereocenters. The van der Waals surface area contributed by atoms with Crippen molar-refractivity contribution >= 4 is 118 Å². The fourth-order valence-corrected chi connectivity index (χ4v) is 30.0. The predicted molar refractivity (Wildman–Crippen MR) is 504 cm³/mol. The number of hydrogen-bond donors (Lipinski definition) is 3. The van der Waals surface area contributed by atoms with Crippen molar-refractivity contribution in [3.8, 4) is 0 Å². The number of carbonyl (C=O) groups excluding carboxylic acids is 1. The van der Waals surface area contributed by atoms with Crippen molar-refractivity contribution in [3.05, 3.63) is 401 Å². The van der Waals surface area contributed by atoms with Gasteiger partial charge in [0.1, 0.15) is 5.30 Å². The Kier molecular flexibility index (Phi) is 42.9. The van der Waals surface area contributed by atoms with Gasteiger partial charge >= 0.3 is 58.4 Å². The normalized spacial score (nSPS) is 14.3. The first-order valence-electron chi connectivity index (χ1n) is 38.7. The SMILES string of the molecule is C1=CN2[CH-]N1CCc1ccccc1[PH+](c1ccccc1)CCNCC[PH+](c1ccccc1)c1ccccc1C2.CN1C=CN(C)[CH-]1.[CH-]=O.[RuH2+2].[RuH2+2].[RuH2+2].c1ccc([PH+](CCNCC[PH+](c2ccccc2)c2ccccc2)c2ccccc2)cc1.c1ccc([PH+](CCNCC[PH+](c2ccccc2)c2ccccc2)c2ccccc2)cc1. The summed E-state index contributed by atoms with van der Waals surface area (Å²) in [4.78, 5) is 16.5. The van der Waals surface area contributed by atoms with Crippen LogP contribution < -0.4 is 79.6 Å². The maximum atomic E-state index is 7.75. The van der Waals surface area contributed by atoms with Crippen LogP contribution in [-0.4, -0.2) is 123 Å². The van der Waals surface area contributed by atoms with E-state index in [9.17, 15) is 0 Å². The molecule has 15 rings (SSSR count). The first kappa shape index (κ1) is 91.8. The third kappa shape index (κ3) is 29.8. The molecule has 3 aliphatic heterocycles. The minimum Gasteiger partial charge on any atom is -0.310 e. The van der Waals surface area contributed by atoms with Gasteiger partial charge in [-0.2, -0.15) is 13.3 Å². The molecule has 0 aliphatic carbocycles. The molecule has 3 N–H and O–H groups in total. The van der Waals surface area contributed by atoms with Gasteiger partial charge in [0.05, 0.1) is 143 Å². The van der Waals surface area contributed by atoms with Gasteiger partial charge in [0, 0.05) is 51.4 Å². The standard InChI is InChI=1S/C34H36N3P2.2C28H29NP2.C5H9N2.CHO.3Ru.6H/c1-3-13-31(14-4-1)38-25-20-35-21-26-39(32-15-5-2-6-16-32)34-18-10-8-12-30(34)27-37-24-23-36(28-37)22-19-29-11-7-9-17-33(29)38;2*1-5-13-25(14-6-1)30(26-15-7-2-8-16-26)23-21-29-22-24-31(27-17-9-3-10-18-27)28-19-11-4-12-20-28;1-6-3-4-7(2)5-6;1-2;;;;;;;;;/h1-18,23-24,28,35H,19-22,25-27H2;2*1-20,29H,21-24H2;3-5H,1-2H3;1H;;;;;;;;;/q-1;;;2*-1;3*+2;;;;;;/p+6. The Hall–Kier alpha value is -6.68. The second kappa shape index (κ2) is 52.8. The Morgan fingerprint density at radius 3 is 0.876 bits per heavy atom. The van der Waals surface area contributed by atoms with E-state index in [0.29, 0.717) is 0 Å². The van der Waals surface area contributed by atoms with E-state index >= 15 is 0 Å². The maximum absolute atomic E-state index is 7.75. The van der Waals surface area contributed by atoms with Gasteiger partial charge in [-0.3, -0.25) is 6.79 Å². The molecule has 113 heavy (non-hydrogen) atoms. The van der Waals surface area contributed by atoms with E-state index in [1.54, 1.807) is 10.6 Å². The molecule has 0 spiro atoms. The van der Waals surface area contributed by atoms with Crippen LogP contribution in [0.1, 0.15) is 11.1 Å². The summed E-state index contributed by atoms with van der Waals surface area (Å²) in [6.07, 6.45) is 16.7. The second-order valence-electron chi connectivity index (χ2n) is 27.4. The molecule has 0 amide bonds. The van der Waals surface area contributed by atoms with Crippen LogP contribution in [0, 0.1) is 13.3 Å². The molecule has 0 saturated heterocycles. The first-order valence-corrected chi connectivity index (χ1v) is 48.9. The van der Waals surface area contributed by atoms with E-state index < -0.39 is 47.5 Å². The van der Waals surface area contributed by atoms with E-state index in [1.165, 1.54) is 101 Å². The Bertz CT molecular complexity index is 4050. The zero-order valence-electron chi connectivity index (χ0n) is 65.1. The number of benzene rings is 12. The molecular weight excluding hydrogens is 1760 g/mol. The summed E-state index contributed by atoms with van der Waals surface area (Å²) in [7, 11) is -0.836. The Balaban J connectivity index is 0.000000200. The number of fused-ring (bicyclic) bond motifs is 4. The number of rotatable bonds is 22. The van der Waals surface area contributed by atoms with Crippen molar-refractivity contribution in [3.63, 3.8) is 0 Å². The molecule has 0 fully saturated rings. The molecule has 2 bridgehead atoms. The van der Waals surface area contributed by atoms with E-state index in [1.807, 2.05) is 43.0 Å². The zero-order chi connectivity index (χ0) is 75.8. The second-order valence-corrected chi connectivity index (χ2v) is 43.0. The van der Waals surface area contributed by atoms with Crippen LogP contribution in [0.2, 0.25) is 0 Å². The van der Waals surface area contributed by atoms with Crippen molar-refractivity contribution in [1.29, 1.82) is 0 Å². The summed E-state index contributed by atoms with van der Waals surface area (Å²) in [5.41, 5.74) is 2.95. The van der Waals surface area contributed by atoms with Gasteiger partial charge in [0.15, 0.2) is 0 Å². The third-order valence-electron chi connectivity index (χ3n) is 19.9. The van der Waals surface area contributed by atoms with E-state index in [4.69, 9.17) is 4.79 Å². The van der Waals surface area contributed by atoms with Crippen LogP contribution in [0.15, 0.2) is 377 Å². The summed E-state index contributed by atoms with van der Waals surface area (Å²) >= 11 is 0. The van der Waals surface area contributed by atoms with Crippen LogP contribution in [0.4, 0.5) is 0 Å². The topological polar surface area (TPSA) is 66.1 Å². The average Bonchev–Trinajstić information content (AvgIpc) is 1.78. The van der Waals surface area contributed by atoms with Crippen molar-refractivity contribution < 1.29 is 63.2 Å². The largest absolute Gasteiger partial charge is 0.310 e. The molecular formula is C96H116N7OP6Ru3+9. The fourth-order valence-electron chi connectivity index (χ4n) is 14.4. The van der Waals surface area contributed by atoms with Crippen molar-refractivity contribution in [2.24, 2.45) is 0 Å². The molecule has 8 nitrogen and oxygen atoms in total. The molecule has 17 heteroatoms. The summed E-state index contributed by atoms with van der Waals surface area (Å²) in [6.45, 7) is 15.8. The molecule has 3 heterocycles. The van der Waals surface area contributed by atoms with E-state index in [-0.39, 0.29) is 58.4 Å². The van der Waals surface area contributed by atoms with Crippen LogP contribution >= 0.6 is 47.5 Å². The Morgan fingerprint density at radius 1 is 0.327 bits per heavy atom. The molecule has 12 aromatic rings. The minimum atomic E-state index is -0.915. The van der Waals surface area contributed by atoms with Gasteiger partial charge in [-0.1, -0.05) is 218 Å². The quantitative estimate of drug-likeness (QED) is 0.0204. The van der Waals surface area contributed by atoms with Gasteiger partial charge in [0.25, 0.3) is 0 Å². The van der Waals surface area contributed by atoms with Gasteiger partial charge in [-0.15, -0.1) is 0 Å². The summed E-state index contributed by atoms with van der Waals surface area (Å²) in [6, 6.07) is 129. The maximum Gasteiger partial charge on any atom is 0.0967 e. The van der Waals surface area contributed by atoms with Crippen LogP contribution in [0.3, 0.4) is 0 Å². The molecule has 0 aromatic heterocycles. The molecule has 0 saturated carbocycles. The van der Waals surface area contributed by atoms with E-state index in [0.717, 1.165) is 58.8 Å². The number of nitrogens with one attached hydrogen (secondary N) is 3. The van der Waals surface area contributed by atoms with Gasteiger partial charge in [-0.05, 0) is 191 Å². The summed E-state index contributed by atoms with van der Waals surface area (Å²) in [5, 5.41) is 29.6. The monoisotopic (exact) mass is 1870 g/mol. The molecule has 586 valence electrons. The van der Waals surface area contributed by atoms with Gasteiger partial charge in [0.2, 0.25) is 0 Å². The summed E-state index contributed by atoms with van der Waals surface area (Å²) < 4.78 is 0. The number of hydrogen-bond acceptors (Lipinski definition) is 8. The number of nitrogens with zero attached hydrogens (tertiary/aromatic N) is 4. The van der Waals surface area contributed by atoms with Gasteiger partial charge < -0.3 is 40.3 Å². The Morgan fingerprint density at radius 2 is 0.584 bits per heavy atom.